The molecule has 4 fully saturated rings. The van der Waals surface area contributed by atoms with E-state index in [0.717, 1.165) is 8.95 Å². The maximum atomic E-state index is 4.34. The van der Waals surface area contributed by atoms with E-state index in [4.69, 9.17) is 0 Å². The third-order valence-corrected chi connectivity index (χ3v) is 30.7. The number of halogens is 2. The summed E-state index contributed by atoms with van der Waals surface area (Å²) in [4.78, 5) is 10.2. The fourth-order valence-electron chi connectivity index (χ4n) is 25.0. The van der Waals surface area contributed by atoms with Gasteiger partial charge in [0.1, 0.15) is 0 Å². The van der Waals surface area contributed by atoms with Crippen molar-refractivity contribution < 1.29 is 0 Å². The van der Waals surface area contributed by atoms with Crippen LogP contribution in [-0.2, 0) is 43.3 Å². The molecule has 0 N–H and O–H groups in total. The van der Waals surface area contributed by atoms with Crippen LogP contribution < -0.4 is 19.6 Å². The summed E-state index contributed by atoms with van der Waals surface area (Å²) in [5, 5.41) is 0. The second kappa shape index (κ2) is 33.3. The van der Waals surface area contributed by atoms with Crippen molar-refractivity contribution in [3.63, 3.8) is 0 Å². The summed E-state index contributed by atoms with van der Waals surface area (Å²) in [5.74, 6) is 2.54. The molecular weight excluding hydrogens is 1670 g/mol. The molecule has 0 atom stereocenters. The number of benzene rings is 12. The molecule has 12 aromatic carbocycles. The number of rotatable bonds is 12. The molecule has 5 nitrogen and oxygen atoms in total. The van der Waals surface area contributed by atoms with Gasteiger partial charge in [-0.3, -0.25) is 0 Å². The molecule has 4 saturated carbocycles. The first-order valence-corrected chi connectivity index (χ1v) is 47.9. The summed E-state index contributed by atoms with van der Waals surface area (Å²) in [5.41, 5.74) is 43.4. The van der Waals surface area contributed by atoms with Crippen LogP contribution >= 0.6 is 44.7 Å². The van der Waals surface area contributed by atoms with Crippen LogP contribution in [0.2, 0.25) is 0 Å². The number of para-hydroxylation sites is 2. The molecule has 12 aromatic rings. The first kappa shape index (κ1) is 89.4. The fraction of sp³-hybridized carbons (Fsp3) is 0.379. The van der Waals surface area contributed by atoms with Gasteiger partial charge in [0.25, 0.3) is 0 Å². The molecular formula is C116H131BBr2N5S. The summed E-state index contributed by atoms with van der Waals surface area (Å²) in [7, 11) is 4.34. The predicted molar refractivity (Wildman–Crippen MR) is 548 cm³/mol. The Hall–Kier alpha value is -8.99. The molecule has 0 aromatic heterocycles. The van der Waals surface area contributed by atoms with Crippen LogP contribution in [0.1, 0.15) is 251 Å². The summed E-state index contributed by atoms with van der Waals surface area (Å²) in [6, 6.07) is 89.5. The molecule has 6 aliphatic rings. The number of thiol groups is 1. The Morgan fingerprint density at radius 2 is 0.440 bits per heavy atom. The Balaban J connectivity index is 0.000000179. The van der Waals surface area contributed by atoms with E-state index in [0.29, 0.717) is 23.7 Å². The van der Waals surface area contributed by atoms with Crippen LogP contribution in [0.15, 0.2) is 244 Å². The topological polar surface area (TPSA) is 25.3 Å². The zero-order chi connectivity index (χ0) is 89.5. The third kappa shape index (κ3) is 15.8. The van der Waals surface area contributed by atoms with Gasteiger partial charge in [0.05, 0.1) is 22.7 Å². The van der Waals surface area contributed by atoms with Crippen LogP contribution in [0.3, 0.4) is 0 Å². The second-order valence-corrected chi connectivity index (χ2v) is 45.3. The zero-order valence-electron chi connectivity index (χ0n) is 78.9. The average Bonchev–Trinajstić information content (AvgIpc) is 1.52. The van der Waals surface area contributed by atoms with Crippen molar-refractivity contribution in [2.24, 2.45) is 28.0 Å². The van der Waals surface area contributed by atoms with Gasteiger partial charge < -0.3 is 19.6 Å². The Morgan fingerprint density at radius 3 is 0.616 bits per heavy atom. The molecule has 0 bridgehead atoms. The Labute approximate surface area is 773 Å². The first-order chi connectivity index (χ1) is 59.0. The van der Waals surface area contributed by atoms with Gasteiger partial charge >= 0.3 is 24.8 Å². The van der Waals surface area contributed by atoms with E-state index >= 15 is 0 Å². The van der Waals surface area contributed by atoms with Crippen molar-refractivity contribution in [3.8, 4) is 22.3 Å². The number of nitrogens with zero attached hydrogens (tertiary/aromatic N) is 5. The first-order valence-electron chi connectivity index (χ1n) is 46.0. The number of anilines is 12. The standard InChI is InChI=1S/C58H64Br2N2.C58H66N2.BHNS/c1-35-31-57-33-36(2)34-58(57,32-35)52-30-48(62(46-19-15-44(60)16-20-46)54-39(5)27-42(28-40(54)6)56(10,11)12)22-24-50(52)49-23-21-47(29-51(49)57)61(45-17-13-43(59)14-18-45)53-37(3)25-41(26-38(53)4)55(7,8)9;1-37-33-57-35-38(2)36-58(57,34-37)52-32-48(60(46-21-17-14-18-22-46)54-41(5)29-44(30-42(54)6)56(10,11)12)24-26-50(52)49-25-23-47(31-51(49)57)59(45-19-15-13-16-20-45)53-39(3)27-43(28-40(53)4)55(7,8)9;1-2-3/h13-30,35-36H,31-34H2,1-12H3;13-32,37-38H,33-36H2,1-12H3;3H. The Kier molecular flexibility index (Phi) is 23.8. The van der Waals surface area contributed by atoms with E-state index in [2.05, 4.69) is 473 Å². The number of aryl methyl sites for hydroxylation is 8. The van der Waals surface area contributed by atoms with Crippen molar-refractivity contribution in [1.29, 1.82) is 0 Å². The predicted octanol–water partition coefficient (Wildman–Crippen LogP) is 34.7. The van der Waals surface area contributed by atoms with E-state index in [1.165, 1.54) is 209 Å². The fourth-order valence-corrected chi connectivity index (χ4v) is 25.5. The monoisotopic (exact) mass is 1790 g/mol. The van der Waals surface area contributed by atoms with E-state index < -0.39 is 0 Å². The van der Waals surface area contributed by atoms with Gasteiger partial charge in [-0.15, -0.1) is 0 Å². The molecule has 18 rings (SSSR count). The molecule has 9 heteroatoms. The molecule has 0 unspecified atom stereocenters. The average molecular weight is 1800 g/mol. The molecule has 0 amide bonds. The number of hydrogen-bond donors (Lipinski definition) is 1. The summed E-state index contributed by atoms with van der Waals surface area (Å²) in [6.45, 7) is 56.4. The van der Waals surface area contributed by atoms with E-state index in [-0.39, 0.29) is 43.3 Å². The van der Waals surface area contributed by atoms with Crippen LogP contribution in [0.4, 0.5) is 68.2 Å². The molecule has 1 radical (unpaired) electrons. The summed E-state index contributed by atoms with van der Waals surface area (Å²) >= 11 is 10.7. The zero-order valence-corrected chi connectivity index (χ0v) is 83.0. The minimum absolute atomic E-state index is 0.0526. The van der Waals surface area contributed by atoms with Crippen LogP contribution in [0, 0.1) is 79.1 Å². The third-order valence-electron chi connectivity index (χ3n) is 29.6. The van der Waals surface area contributed by atoms with Gasteiger partial charge in [-0.05, 0) is 385 Å². The van der Waals surface area contributed by atoms with Gasteiger partial charge in [0.2, 0.25) is 0 Å². The van der Waals surface area contributed by atoms with Crippen molar-refractivity contribution in [2.45, 2.75) is 261 Å². The normalized spacial score (nSPS) is 21.3. The molecule has 0 heterocycles. The Bertz CT molecular complexity index is 5640. The maximum absolute atomic E-state index is 4.34. The van der Waals surface area contributed by atoms with Gasteiger partial charge in [-0.1, -0.05) is 252 Å². The van der Waals surface area contributed by atoms with Gasteiger partial charge in [-0.2, -0.15) is 0 Å². The van der Waals surface area contributed by atoms with Gasteiger partial charge in [-0.25, -0.2) is 0 Å². The second-order valence-electron chi connectivity index (χ2n) is 43.2. The molecule has 643 valence electrons. The van der Waals surface area contributed by atoms with E-state index in [9.17, 15) is 0 Å². The van der Waals surface area contributed by atoms with Crippen molar-refractivity contribution in [1.82, 2.24) is 0 Å². The molecule has 0 aliphatic heterocycles. The van der Waals surface area contributed by atoms with Crippen molar-refractivity contribution >= 4 is 121 Å². The van der Waals surface area contributed by atoms with Crippen molar-refractivity contribution in [3.05, 3.63) is 328 Å². The van der Waals surface area contributed by atoms with Gasteiger partial charge in [0, 0.05) is 76.1 Å². The van der Waals surface area contributed by atoms with Crippen molar-refractivity contribution in [2.75, 3.05) is 19.6 Å². The Morgan fingerprint density at radius 1 is 0.272 bits per heavy atom. The molecule has 6 aliphatic carbocycles. The molecule has 0 saturated heterocycles. The SMILES string of the molecule is Cc1cc(C(C)(C)C)cc(C)c1N(c1ccc(Br)cc1)c1ccc2c(c1)C13CC(C)CC1(CC(C)C3)c1cc(N(c3ccc(Br)cc3)c3c(C)cc(C(C)(C)C)cc3C)ccc1-2.Cc1cc(C(C)(C)C)cc(C)c1N(c1ccccc1)c1ccc2c(c1)C13CC(C)CC1(CC(C)C3)c1cc(N(c3ccccc3)c3c(C)cc(C(C)(C)C)cc3C)ccc1-2.[B]=NS. The quantitative estimate of drug-likeness (QED) is 0.0974. The number of hydrogen-bond acceptors (Lipinski definition) is 6. The van der Waals surface area contributed by atoms with Crippen LogP contribution in [-0.4, -0.2) is 7.64 Å². The molecule has 0 spiro atoms. The summed E-state index contributed by atoms with van der Waals surface area (Å²) in [6.07, 6.45) is 9.81. The minimum atomic E-state index is 0.0526. The van der Waals surface area contributed by atoms with E-state index in [1.54, 1.807) is 22.3 Å². The van der Waals surface area contributed by atoms with E-state index in [1.807, 2.05) is 0 Å². The van der Waals surface area contributed by atoms with Crippen LogP contribution in [0.25, 0.3) is 22.3 Å². The van der Waals surface area contributed by atoms with Crippen LogP contribution in [0.5, 0.6) is 0 Å². The van der Waals surface area contributed by atoms with Gasteiger partial charge in [0.15, 0.2) is 0 Å². The number of fused-ring (bicyclic) bond motifs is 6. The molecule has 125 heavy (non-hydrogen) atoms. The summed E-state index contributed by atoms with van der Waals surface area (Å²) < 4.78 is 4.88.